The van der Waals surface area contributed by atoms with Gasteiger partial charge in [0.25, 0.3) is 10.0 Å². The second-order valence-corrected chi connectivity index (χ2v) is 6.12. The summed E-state index contributed by atoms with van der Waals surface area (Å²) in [5.41, 5.74) is 1.60. The third-order valence-electron chi connectivity index (χ3n) is 2.92. The molecule has 3 rings (SSSR count). The molecule has 2 heterocycles. The Bertz CT molecular complexity index is 899. The summed E-state index contributed by atoms with van der Waals surface area (Å²) in [6, 6.07) is 7.21. The Kier molecular flexibility index (Phi) is 3.09. The Balaban J connectivity index is 2.01. The lowest BCUT2D eigenvalue weighted by molar-refractivity contribution is 0.390. The number of hydrogen-bond acceptors (Lipinski definition) is 6. The fourth-order valence-electron chi connectivity index (χ4n) is 2.05. The summed E-state index contributed by atoms with van der Waals surface area (Å²) in [4.78, 5) is 8.41. The maximum atomic E-state index is 12.4. The van der Waals surface area contributed by atoms with Gasteiger partial charge in [-0.25, -0.2) is 13.4 Å². The Morgan fingerprint density at radius 1 is 1.14 bits per heavy atom. The van der Waals surface area contributed by atoms with Crippen LogP contribution in [-0.4, -0.2) is 23.5 Å². The van der Waals surface area contributed by atoms with Crippen molar-refractivity contribution < 1.29 is 12.9 Å². The number of rotatable bonds is 3. The van der Waals surface area contributed by atoms with Crippen molar-refractivity contribution in [2.24, 2.45) is 0 Å². The van der Waals surface area contributed by atoms with Crippen LogP contribution in [0.1, 0.15) is 11.5 Å². The van der Waals surface area contributed by atoms with Gasteiger partial charge in [0.1, 0.15) is 5.69 Å². The highest BCUT2D eigenvalue weighted by Crippen LogP contribution is 2.22. The molecule has 0 amide bonds. The summed E-state index contributed by atoms with van der Waals surface area (Å²) in [6.45, 7) is 3.11. The molecule has 0 bridgehead atoms. The molecule has 108 valence electrons. The molecule has 7 nitrogen and oxygen atoms in total. The van der Waals surface area contributed by atoms with E-state index in [2.05, 4.69) is 19.8 Å². The second kappa shape index (κ2) is 4.81. The summed E-state index contributed by atoms with van der Waals surface area (Å²) < 4.78 is 32.0. The molecule has 0 spiro atoms. The first-order valence-corrected chi connectivity index (χ1v) is 7.63. The normalized spacial score (nSPS) is 11.7. The number of fused-ring (bicyclic) bond motifs is 1. The molecule has 0 saturated heterocycles. The quantitative estimate of drug-likeness (QED) is 0.795. The predicted octanol–water partition coefficient (Wildman–Crippen LogP) is 2.04. The van der Waals surface area contributed by atoms with Crippen LogP contribution in [0, 0.1) is 13.8 Å². The number of benzene rings is 1. The lowest BCUT2D eigenvalue weighted by Crippen LogP contribution is -2.15. The Labute approximate surface area is 121 Å². The second-order valence-electron chi connectivity index (χ2n) is 4.50. The van der Waals surface area contributed by atoms with Gasteiger partial charge < -0.3 is 4.52 Å². The largest absolute Gasteiger partial charge is 0.360 e. The first kappa shape index (κ1) is 13.5. The van der Waals surface area contributed by atoms with E-state index >= 15 is 0 Å². The van der Waals surface area contributed by atoms with E-state index in [1.165, 1.54) is 6.20 Å². The van der Waals surface area contributed by atoms with E-state index in [9.17, 15) is 8.42 Å². The van der Waals surface area contributed by atoms with Gasteiger partial charge in [-0.1, -0.05) is 17.3 Å². The zero-order valence-electron chi connectivity index (χ0n) is 11.4. The standard InChI is InChI=1S/C13H12N4O3S/c1-8-13(9(2)20-16-8)21(18,19)17-12-7-14-10-5-3-4-6-11(10)15-12/h3-7H,1-2H3,(H,15,17). The van der Waals surface area contributed by atoms with Crippen LogP contribution in [0.15, 0.2) is 39.9 Å². The third-order valence-corrected chi connectivity index (χ3v) is 4.52. The topological polar surface area (TPSA) is 98.0 Å². The molecule has 1 N–H and O–H groups in total. The van der Waals surface area contributed by atoms with Crippen LogP contribution in [0.3, 0.4) is 0 Å². The Hall–Kier alpha value is -2.48. The van der Waals surface area contributed by atoms with Crippen LogP contribution in [0.2, 0.25) is 0 Å². The van der Waals surface area contributed by atoms with Crippen molar-refractivity contribution >= 4 is 26.9 Å². The minimum absolute atomic E-state index is 0.0254. The molecule has 0 saturated carbocycles. The number of hydrogen-bond donors (Lipinski definition) is 1. The number of nitrogens with zero attached hydrogens (tertiary/aromatic N) is 3. The van der Waals surface area contributed by atoms with Gasteiger partial charge in [-0.2, -0.15) is 0 Å². The van der Waals surface area contributed by atoms with Gasteiger partial charge in [0.2, 0.25) is 0 Å². The van der Waals surface area contributed by atoms with Gasteiger partial charge in [0.05, 0.1) is 17.2 Å². The summed E-state index contributed by atoms with van der Waals surface area (Å²) >= 11 is 0. The molecular formula is C13H12N4O3S. The van der Waals surface area contributed by atoms with E-state index in [0.29, 0.717) is 16.7 Å². The van der Waals surface area contributed by atoms with E-state index in [1.807, 2.05) is 12.1 Å². The average molecular weight is 304 g/mol. The molecule has 0 aliphatic carbocycles. The molecule has 3 aromatic rings. The highest BCUT2D eigenvalue weighted by molar-refractivity contribution is 7.92. The van der Waals surface area contributed by atoms with Crippen molar-refractivity contribution in [2.45, 2.75) is 18.7 Å². The number of para-hydroxylation sites is 2. The van der Waals surface area contributed by atoms with Crippen LogP contribution in [-0.2, 0) is 10.0 Å². The van der Waals surface area contributed by atoms with Crippen molar-refractivity contribution in [2.75, 3.05) is 4.72 Å². The molecule has 0 unspecified atom stereocenters. The van der Waals surface area contributed by atoms with Gasteiger partial charge >= 0.3 is 0 Å². The summed E-state index contributed by atoms with van der Waals surface area (Å²) in [5, 5.41) is 3.64. The average Bonchev–Trinajstić information content (AvgIpc) is 2.78. The number of aromatic nitrogens is 3. The Morgan fingerprint density at radius 2 is 1.86 bits per heavy atom. The van der Waals surface area contributed by atoms with Gasteiger partial charge in [-0.3, -0.25) is 9.71 Å². The third kappa shape index (κ3) is 2.45. The fourth-order valence-corrected chi connectivity index (χ4v) is 3.37. The highest BCUT2D eigenvalue weighted by Gasteiger charge is 2.24. The van der Waals surface area contributed by atoms with E-state index in [-0.39, 0.29) is 16.5 Å². The van der Waals surface area contributed by atoms with Gasteiger partial charge in [0, 0.05) is 0 Å². The van der Waals surface area contributed by atoms with Crippen LogP contribution >= 0.6 is 0 Å². The van der Waals surface area contributed by atoms with Crippen molar-refractivity contribution in [3.8, 4) is 0 Å². The van der Waals surface area contributed by atoms with Crippen molar-refractivity contribution in [1.29, 1.82) is 0 Å². The van der Waals surface area contributed by atoms with Gasteiger partial charge in [-0.15, -0.1) is 0 Å². The molecule has 21 heavy (non-hydrogen) atoms. The summed E-state index contributed by atoms with van der Waals surface area (Å²) in [6.07, 6.45) is 1.37. The van der Waals surface area contributed by atoms with E-state index in [4.69, 9.17) is 4.52 Å². The highest BCUT2D eigenvalue weighted by atomic mass is 32.2. The number of nitrogens with one attached hydrogen (secondary N) is 1. The van der Waals surface area contributed by atoms with Crippen LogP contribution in [0.5, 0.6) is 0 Å². The zero-order chi connectivity index (χ0) is 15.0. The number of anilines is 1. The zero-order valence-corrected chi connectivity index (χ0v) is 12.2. The van der Waals surface area contributed by atoms with E-state index < -0.39 is 10.0 Å². The lowest BCUT2D eigenvalue weighted by Gasteiger charge is -2.07. The van der Waals surface area contributed by atoms with Gasteiger partial charge in [0.15, 0.2) is 16.5 Å². The van der Waals surface area contributed by atoms with Crippen LogP contribution in [0.4, 0.5) is 5.82 Å². The monoisotopic (exact) mass is 304 g/mol. The van der Waals surface area contributed by atoms with E-state index in [0.717, 1.165) is 0 Å². The number of sulfonamides is 1. The number of aryl methyl sites for hydroxylation is 2. The molecule has 8 heteroatoms. The molecule has 1 aromatic carbocycles. The lowest BCUT2D eigenvalue weighted by atomic mass is 10.3. The minimum atomic E-state index is -3.81. The Morgan fingerprint density at radius 3 is 2.52 bits per heavy atom. The van der Waals surface area contributed by atoms with E-state index in [1.54, 1.807) is 26.0 Å². The summed E-state index contributed by atoms with van der Waals surface area (Å²) in [5.74, 6) is 0.377. The molecule has 0 aliphatic rings. The minimum Gasteiger partial charge on any atom is -0.360 e. The smallest absolute Gasteiger partial charge is 0.268 e. The summed E-state index contributed by atoms with van der Waals surface area (Å²) in [7, 11) is -3.81. The van der Waals surface area contributed by atoms with Crippen molar-refractivity contribution in [3.63, 3.8) is 0 Å². The molecular weight excluding hydrogens is 292 g/mol. The first-order valence-electron chi connectivity index (χ1n) is 6.15. The molecule has 0 fully saturated rings. The van der Waals surface area contributed by atoms with Crippen molar-refractivity contribution in [1.82, 2.24) is 15.1 Å². The maximum Gasteiger partial charge on any atom is 0.268 e. The molecule has 0 atom stereocenters. The molecule has 2 aromatic heterocycles. The maximum absolute atomic E-state index is 12.4. The molecule has 0 radical (unpaired) electrons. The SMILES string of the molecule is Cc1noc(C)c1S(=O)(=O)Nc1cnc2ccccc2n1. The fraction of sp³-hybridized carbons (Fsp3) is 0.154. The first-order chi connectivity index (χ1) is 9.97. The van der Waals surface area contributed by atoms with Crippen LogP contribution in [0.25, 0.3) is 11.0 Å². The van der Waals surface area contributed by atoms with Crippen LogP contribution < -0.4 is 4.72 Å². The van der Waals surface area contributed by atoms with Crippen molar-refractivity contribution in [3.05, 3.63) is 41.9 Å². The predicted molar refractivity (Wildman–Crippen MR) is 76.3 cm³/mol. The van der Waals surface area contributed by atoms with Gasteiger partial charge in [-0.05, 0) is 26.0 Å². The molecule has 0 aliphatic heterocycles.